The van der Waals surface area contributed by atoms with Crippen molar-refractivity contribution in [1.82, 2.24) is 5.32 Å². The minimum absolute atomic E-state index is 0.264. The molecule has 0 bridgehead atoms. The highest BCUT2D eigenvalue weighted by Gasteiger charge is 1.97. The maximum Gasteiger partial charge on any atom is 0.356 e. The van der Waals surface area contributed by atoms with Gasteiger partial charge in [0.2, 0.25) is 0 Å². The Morgan fingerprint density at radius 1 is 1.29 bits per heavy atom. The number of carbonyl (C=O) groups is 1. The lowest BCUT2D eigenvalue weighted by Crippen LogP contribution is -2.18. The van der Waals surface area contributed by atoms with Gasteiger partial charge in [-0.1, -0.05) is 34.7 Å². The largest absolute Gasteiger partial charge is 0.356 e. The molecule has 0 fully saturated rings. The summed E-state index contributed by atoms with van der Waals surface area (Å²) in [6.45, 7) is 0.264. The van der Waals surface area contributed by atoms with E-state index in [0.29, 0.717) is 0 Å². The van der Waals surface area contributed by atoms with E-state index < -0.39 is 16.5 Å². The fraction of sp³-hybridized carbons (Fsp3) is 0.125. The van der Waals surface area contributed by atoms with Crippen LogP contribution < -0.4 is 5.32 Å². The summed E-state index contributed by atoms with van der Waals surface area (Å²) in [5.74, 6) is 0. The standard InChI is InChI=1S/C8H8N2O3S/c11-8(10-14(12)13)9-6-7-4-2-1-3-5-7/h1-5H,6H2,(H,9,11). The molecular weight excluding hydrogens is 204 g/mol. The number of nitrogens with zero attached hydrogens (tertiary/aromatic N) is 1. The molecule has 5 nitrogen and oxygen atoms in total. The molecule has 0 aliphatic rings. The molecule has 1 aromatic rings. The van der Waals surface area contributed by atoms with E-state index in [1.54, 1.807) is 0 Å². The molecule has 1 aromatic carbocycles. The number of benzene rings is 1. The van der Waals surface area contributed by atoms with Crippen LogP contribution in [0.25, 0.3) is 0 Å². The van der Waals surface area contributed by atoms with Crippen molar-refractivity contribution in [3.8, 4) is 0 Å². The molecule has 0 unspecified atom stereocenters. The second kappa shape index (κ2) is 5.13. The first-order valence-electron chi connectivity index (χ1n) is 3.81. The van der Waals surface area contributed by atoms with Gasteiger partial charge in [-0.05, 0) is 5.56 Å². The summed E-state index contributed by atoms with van der Waals surface area (Å²) in [5.41, 5.74) is 0.882. The zero-order valence-corrected chi connectivity index (χ0v) is 7.99. The van der Waals surface area contributed by atoms with Gasteiger partial charge in [-0.2, -0.15) is 8.42 Å². The molecule has 0 aliphatic carbocycles. The molecule has 0 aliphatic heterocycles. The van der Waals surface area contributed by atoms with Crippen LogP contribution in [-0.2, 0) is 17.0 Å². The van der Waals surface area contributed by atoms with Crippen molar-refractivity contribution in [2.24, 2.45) is 4.36 Å². The van der Waals surface area contributed by atoms with E-state index in [2.05, 4.69) is 9.68 Å². The average molecular weight is 212 g/mol. The van der Waals surface area contributed by atoms with Crippen molar-refractivity contribution in [3.63, 3.8) is 0 Å². The average Bonchev–Trinajstić information content (AvgIpc) is 2.15. The summed E-state index contributed by atoms with van der Waals surface area (Å²) in [6.07, 6.45) is 0. The second-order valence-corrected chi connectivity index (χ2v) is 3.07. The van der Waals surface area contributed by atoms with Crippen molar-refractivity contribution in [2.45, 2.75) is 6.54 Å². The summed E-state index contributed by atoms with van der Waals surface area (Å²) in [6, 6.07) is 8.27. The van der Waals surface area contributed by atoms with Gasteiger partial charge in [0.1, 0.15) is 0 Å². The van der Waals surface area contributed by atoms with Crippen LogP contribution in [0, 0.1) is 0 Å². The van der Waals surface area contributed by atoms with Gasteiger partial charge in [-0.3, -0.25) is 0 Å². The predicted molar refractivity (Wildman–Crippen MR) is 50.0 cm³/mol. The lowest BCUT2D eigenvalue weighted by Gasteiger charge is -1.99. The van der Waals surface area contributed by atoms with Gasteiger partial charge in [-0.15, -0.1) is 0 Å². The molecule has 1 rings (SSSR count). The fourth-order valence-electron chi connectivity index (χ4n) is 0.874. The van der Waals surface area contributed by atoms with Crippen molar-refractivity contribution >= 4 is 16.5 Å². The molecular formula is C8H8N2O3S. The Morgan fingerprint density at radius 2 is 1.93 bits per heavy atom. The zero-order valence-electron chi connectivity index (χ0n) is 7.17. The van der Waals surface area contributed by atoms with Gasteiger partial charge in [0.25, 0.3) is 0 Å². The van der Waals surface area contributed by atoms with Gasteiger partial charge in [-0.25, -0.2) is 4.79 Å². The molecule has 0 atom stereocenters. The Labute approximate surface area is 82.5 Å². The normalized spacial score (nSPS) is 9.14. The minimum Gasteiger partial charge on any atom is -0.331 e. The molecule has 0 heterocycles. The molecule has 6 heteroatoms. The predicted octanol–water partition coefficient (Wildman–Crippen LogP) is 0.959. The Balaban J connectivity index is 2.50. The third-order valence-electron chi connectivity index (χ3n) is 1.44. The number of hydrogen-bond donors (Lipinski definition) is 1. The van der Waals surface area contributed by atoms with Crippen molar-refractivity contribution in [3.05, 3.63) is 35.9 Å². The van der Waals surface area contributed by atoms with E-state index in [4.69, 9.17) is 0 Å². The number of hydrogen-bond acceptors (Lipinski definition) is 3. The molecule has 0 radical (unpaired) electrons. The highest BCUT2D eigenvalue weighted by atomic mass is 32.2. The number of amides is 2. The lowest BCUT2D eigenvalue weighted by molar-refractivity contribution is 0.249. The summed E-state index contributed by atoms with van der Waals surface area (Å²) in [5, 5.41) is 2.33. The number of carbonyl (C=O) groups excluding carboxylic acids is 1. The first-order chi connectivity index (χ1) is 6.68. The van der Waals surface area contributed by atoms with Crippen LogP contribution in [0.2, 0.25) is 0 Å². The van der Waals surface area contributed by atoms with Gasteiger partial charge in [0.15, 0.2) is 0 Å². The Hall–Kier alpha value is -1.69. The van der Waals surface area contributed by atoms with E-state index in [9.17, 15) is 13.2 Å². The third-order valence-corrected chi connectivity index (χ3v) is 1.76. The number of nitrogens with one attached hydrogen (secondary N) is 1. The van der Waals surface area contributed by atoms with Crippen LogP contribution in [0.5, 0.6) is 0 Å². The molecule has 74 valence electrons. The van der Waals surface area contributed by atoms with Gasteiger partial charge >= 0.3 is 16.5 Å². The Bertz CT molecular complexity index is 431. The van der Waals surface area contributed by atoms with Crippen LogP contribution in [0.3, 0.4) is 0 Å². The van der Waals surface area contributed by atoms with Crippen LogP contribution in [0.4, 0.5) is 4.79 Å². The Kier molecular flexibility index (Phi) is 3.81. The van der Waals surface area contributed by atoms with Gasteiger partial charge in [0.05, 0.1) is 0 Å². The summed E-state index contributed by atoms with van der Waals surface area (Å²) < 4.78 is 22.7. The molecule has 14 heavy (non-hydrogen) atoms. The molecule has 2 amide bonds. The van der Waals surface area contributed by atoms with Crippen LogP contribution in [0.15, 0.2) is 34.7 Å². The number of rotatable bonds is 2. The fourth-order valence-corrected chi connectivity index (χ4v) is 1.07. The van der Waals surface area contributed by atoms with Crippen molar-refractivity contribution in [2.75, 3.05) is 0 Å². The van der Waals surface area contributed by atoms with E-state index >= 15 is 0 Å². The first kappa shape index (κ1) is 10.4. The van der Waals surface area contributed by atoms with E-state index in [1.165, 1.54) is 0 Å². The Morgan fingerprint density at radius 3 is 2.50 bits per heavy atom. The highest BCUT2D eigenvalue weighted by Crippen LogP contribution is 1.96. The molecule has 0 saturated carbocycles. The zero-order chi connectivity index (χ0) is 10.4. The van der Waals surface area contributed by atoms with Crippen LogP contribution >= 0.6 is 0 Å². The van der Waals surface area contributed by atoms with E-state index in [-0.39, 0.29) is 6.54 Å². The van der Waals surface area contributed by atoms with Gasteiger partial charge < -0.3 is 5.32 Å². The molecule has 0 spiro atoms. The smallest absolute Gasteiger partial charge is 0.331 e. The summed E-state index contributed by atoms with van der Waals surface area (Å²) >= 11 is 0. The SMILES string of the molecule is O=C(N=S(=O)=O)NCc1ccccc1. The molecule has 1 N–H and O–H groups in total. The minimum atomic E-state index is -2.69. The van der Waals surface area contributed by atoms with Crippen molar-refractivity contribution in [1.29, 1.82) is 0 Å². The third kappa shape index (κ3) is 3.81. The first-order valence-corrected chi connectivity index (χ1v) is 4.84. The quantitative estimate of drug-likeness (QED) is 0.793. The monoisotopic (exact) mass is 212 g/mol. The summed E-state index contributed by atoms with van der Waals surface area (Å²) in [4.78, 5) is 10.8. The van der Waals surface area contributed by atoms with Crippen molar-refractivity contribution < 1.29 is 13.2 Å². The van der Waals surface area contributed by atoms with E-state index in [1.807, 2.05) is 30.3 Å². The topological polar surface area (TPSA) is 75.6 Å². The van der Waals surface area contributed by atoms with Crippen LogP contribution in [0.1, 0.15) is 5.56 Å². The molecule has 0 aromatic heterocycles. The summed E-state index contributed by atoms with van der Waals surface area (Å²) in [7, 11) is -2.69. The maximum absolute atomic E-state index is 10.8. The van der Waals surface area contributed by atoms with Crippen LogP contribution in [-0.4, -0.2) is 14.4 Å². The second-order valence-electron chi connectivity index (χ2n) is 2.45. The number of urea groups is 1. The maximum atomic E-state index is 10.8. The lowest BCUT2D eigenvalue weighted by atomic mass is 10.2. The highest BCUT2D eigenvalue weighted by molar-refractivity contribution is 7.62. The molecule has 0 saturated heterocycles. The van der Waals surface area contributed by atoms with E-state index in [0.717, 1.165) is 5.56 Å². The van der Waals surface area contributed by atoms with Gasteiger partial charge in [0, 0.05) is 6.54 Å².